The van der Waals surface area contributed by atoms with Crippen LogP contribution in [0.15, 0.2) is 18.2 Å². The van der Waals surface area contributed by atoms with E-state index >= 15 is 0 Å². The van der Waals surface area contributed by atoms with Gasteiger partial charge in [-0.25, -0.2) is 4.39 Å². The number of aliphatic hydroxyl groups excluding tert-OH is 1. The van der Waals surface area contributed by atoms with E-state index in [1.54, 1.807) is 0 Å². The van der Waals surface area contributed by atoms with E-state index in [9.17, 15) is 9.50 Å². The van der Waals surface area contributed by atoms with Crippen molar-refractivity contribution in [1.82, 2.24) is 0 Å². The molecule has 0 aliphatic rings. The van der Waals surface area contributed by atoms with Gasteiger partial charge in [0.05, 0.1) is 6.61 Å². The largest absolute Gasteiger partial charge is 0.386 e. The lowest BCUT2D eigenvalue weighted by molar-refractivity contribution is 0.0363. The van der Waals surface area contributed by atoms with Gasteiger partial charge >= 0.3 is 0 Å². The molecule has 15 heavy (non-hydrogen) atoms. The number of benzene rings is 1. The lowest BCUT2D eigenvalue weighted by Crippen LogP contribution is -2.08. The Bertz CT molecular complexity index is 317. The highest BCUT2D eigenvalue weighted by atomic mass is 35.5. The Morgan fingerprint density at radius 1 is 1.53 bits per heavy atom. The van der Waals surface area contributed by atoms with Crippen LogP contribution in [0, 0.1) is 5.82 Å². The zero-order valence-corrected chi connectivity index (χ0v) is 9.30. The highest BCUT2D eigenvalue weighted by Crippen LogP contribution is 2.24. The first-order valence-electron chi connectivity index (χ1n) is 4.86. The highest BCUT2D eigenvalue weighted by Gasteiger charge is 2.12. The van der Waals surface area contributed by atoms with E-state index in [1.165, 1.54) is 18.2 Å². The van der Waals surface area contributed by atoms with Crippen molar-refractivity contribution >= 4 is 11.6 Å². The second-order valence-corrected chi connectivity index (χ2v) is 3.66. The van der Waals surface area contributed by atoms with E-state index in [0.29, 0.717) is 17.2 Å². The number of rotatable bonds is 5. The Morgan fingerprint density at radius 2 is 2.27 bits per heavy atom. The Balaban J connectivity index is 2.64. The summed E-state index contributed by atoms with van der Waals surface area (Å²) in [7, 11) is 0. The zero-order valence-electron chi connectivity index (χ0n) is 8.54. The molecule has 0 spiro atoms. The van der Waals surface area contributed by atoms with Crippen LogP contribution < -0.4 is 0 Å². The van der Waals surface area contributed by atoms with Gasteiger partial charge in [0.25, 0.3) is 0 Å². The summed E-state index contributed by atoms with van der Waals surface area (Å²) in [6.07, 6.45) is 0.00334. The van der Waals surface area contributed by atoms with E-state index in [0.717, 1.165) is 6.42 Å². The third-order valence-corrected chi connectivity index (χ3v) is 2.29. The molecule has 1 atom stereocenters. The Morgan fingerprint density at radius 3 is 2.93 bits per heavy atom. The van der Waals surface area contributed by atoms with Gasteiger partial charge in [-0.1, -0.05) is 18.5 Å². The van der Waals surface area contributed by atoms with Crippen LogP contribution in [-0.4, -0.2) is 18.3 Å². The summed E-state index contributed by atoms with van der Waals surface area (Å²) < 4.78 is 18.0. The average Bonchev–Trinajstić information content (AvgIpc) is 2.22. The van der Waals surface area contributed by atoms with Gasteiger partial charge in [-0.15, -0.1) is 0 Å². The Kier molecular flexibility index (Phi) is 5.02. The molecule has 0 aromatic heterocycles. The smallest absolute Gasteiger partial charge is 0.123 e. The van der Waals surface area contributed by atoms with Gasteiger partial charge in [-0.3, -0.25) is 0 Å². The predicted octanol–water partition coefficient (Wildman–Crippen LogP) is 2.94. The minimum absolute atomic E-state index is 0.136. The monoisotopic (exact) mass is 232 g/mol. The number of aliphatic hydroxyl groups is 1. The van der Waals surface area contributed by atoms with Crippen molar-refractivity contribution in [1.29, 1.82) is 0 Å². The molecule has 0 aliphatic heterocycles. The second kappa shape index (κ2) is 6.05. The summed E-state index contributed by atoms with van der Waals surface area (Å²) in [5.74, 6) is -0.413. The summed E-state index contributed by atoms with van der Waals surface area (Å²) in [6, 6.07) is 3.91. The maximum Gasteiger partial charge on any atom is 0.123 e. The highest BCUT2D eigenvalue weighted by molar-refractivity contribution is 6.31. The maximum atomic E-state index is 12.9. The first-order chi connectivity index (χ1) is 7.15. The molecule has 1 unspecified atom stereocenters. The van der Waals surface area contributed by atoms with E-state index in [2.05, 4.69) is 0 Å². The van der Waals surface area contributed by atoms with Crippen LogP contribution in [0.25, 0.3) is 0 Å². The standard InChI is InChI=1S/C11H14ClFO2/c1-2-5-15-7-11(14)9-6-8(13)3-4-10(9)12/h3-4,6,11,14H,2,5,7H2,1H3. The van der Waals surface area contributed by atoms with Crippen molar-refractivity contribution in [2.24, 2.45) is 0 Å². The lowest BCUT2D eigenvalue weighted by atomic mass is 10.1. The van der Waals surface area contributed by atoms with Crippen molar-refractivity contribution in [3.05, 3.63) is 34.6 Å². The van der Waals surface area contributed by atoms with Gasteiger partial charge in [0.2, 0.25) is 0 Å². The topological polar surface area (TPSA) is 29.5 Å². The number of hydrogen-bond acceptors (Lipinski definition) is 2. The second-order valence-electron chi connectivity index (χ2n) is 3.26. The van der Waals surface area contributed by atoms with Crippen LogP contribution in [0.3, 0.4) is 0 Å². The van der Waals surface area contributed by atoms with Crippen molar-refractivity contribution in [3.63, 3.8) is 0 Å². The van der Waals surface area contributed by atoms with E-state index < -0.39 is 11.9 Å². The molecule has 1 N–H and O–H groups in total. The summed E-state index contributed by atoms with van der Waals surface area (Å²) in [6.45, 7) is 2.68. The van der Waals surface area contributed by atoms with E-state index in [4.69, 9.17) is 16.3 Å². The van der Waals surface area contributed by atoms with Gasteiger partial charge in [0.15, 0.2) is 0 Å². The number of ether oxygens (including phenoxy) is 1. The minimum atomic E-state index is -0.875. The summed E-state index contributed by atoms with van der Waals surface area (Å²) in [5.41, 5.74) is 0.368. The lowest BCUT2D eigenvalue weighted by Gasteiger charge is -2.12. The molecule has 0 bridgehead atoms. The average molecular weight is 233 g/mol. The molecular formula is C11H14ClFO2. The molecule has 4 heteroatoms. The molecule has 1 aromatic carbocycles. The van der Waals surface area contributed by atoms with E-state index in [-0.39, 0.29) is 6.61 Å². The van der Waals surface area contributed by atoms with Gasteiger partial charge in [-0.05, 0) is 24.6 Å². The summed E-state index contributed by atoms with van der Waals surface area (Å²) in [5, 5.41) is 10.0. The normalized spacial score (nSPS) is 12.8. The number of hydrogen-bond donors (Lipinski definition) is 1. The number of halogens is 2. The molecule has 0 radical (unpaired) electrons. The Labute approximate surface area is 93.6 Å². The Hall–Kier alpha value is -0.640. The molecule has 2 nitrogen and oxygen atoms in total. The van der Waals surface area contributed by atoms with Crippen molar-refractivity contribution in [2.75, 3.05) is 13.2 Å². The van der Waals surface area contributed by atoms with Crippen LogP contribution in [-0.2, 0) is 4.74 Å². The fourth-order valence-electron chi connectivity index (χ4n) is 1.20. The van der Waals surface area contributed by atoms with Crippen LogP contribution in [0.5, 0.6) is 0 Å². The molecule has 0 saturated heterocycles. The maximum absolute atomic E-state index is 12.9. The zero-order chi connectivity index (χ0) is 11.3. The summed E-state index contributed by atoms with van der Waals surface area (Å²) >= 11 is 5.82. The predicted molar refractivity (Wildman–Crippen MR) is 57.5 cm³/mol. The first kappa shape index (κ1) is 12.4. The first-order valence-corrected chi connectivity index (χ1v) is 5.23. The van der Waals surface area contributed by atoms with Crippen molar-refractivity contribution < 1.29 is 14.2 Å². The molecule has 0 fully saturated rings. The fraction of sp³-hybridized carbons (Fsp3) is 0.455. The quantitative estimate of drug-likeness (QED) is 0.791. The van der Waals surface area contributed by atoms with Crippen molar-refractivity contribution in [2.45, 2.75) is 19.4 Å². The minimum Gasteiger partial charge on any atom is -0.386 e. The third-order valence-electron chi connectivity index (χ3n) is 1.94. The van der Waals surface area contributed by atoms with E-state index in [1.807, 2.05) is 6.92 Å². The molecule has 0 amide bonds. The fourth-order valence-corrected chi connectivity index (χ4v) is 1.44. The molecule has 1 rings (SSSR count). The summed E-state index contributed by atoms with van der Waals surface area (Å²) in [4.78, 5) is 0. The van der Waals surface area contributed by atoms with Gasteiger partial charge in [0, 0.05) is 17.2 Å². The molecule has 0 heterocycles. The van der Waals surface area contributed by atoms with Crippen LogP contribution in [0.2, 0.25) is 5.02 Å². The SMILES string of the molecule is CCCOCC(O)c1cc(F)ccc1Cl. The van der Waals surface area contributed by atoms with Crippen molar-refractivity contribution in [3.8, 4) is 0 Å². The van der Waals surface area contributed by atoms with Crippen LogP contribution >= 0.6 is 11.6 Å². The molecule has 1 aromatic rings. The molecule has 0 aliphatic carbocycles. The van der Waals surface area contributed by atoms with Gasteiger partial charge in [0.1, 0.15) is 11.9 Å². The van der Waals surface area contributed by atoms with Gasteiger partial charge in [-0.2, -0.15) is 0 Å². The third kappa shape index (κ3) is 3.78. The van der Waals surface area contributed by atoms with Gasteiger partial charge < -0.3 is 9.84 Å². The molecular weight excluding hydrogens is 219 g/mol. The van der Waals surface area contributed by atoms with Crippen LogP contribution in [0.4, 0.5) is 4.39 Å². The molecule has 84 valence electrons. The molecule has 0 saturated carbocycles. The van der Waals surface area contributed by atoms with Crippen LogP contribution in [0.1, 0.15) is 25.0 Å².